The van der Waals surface area contributed by atoms with E-state index in [1.54, 1.807) is 0 Å². The first-order valence-electron chi connectivity index (χ1n) is 6.85. The second-order valence-electron chi connectivity index (χ2n) is 5.05. The number of rotatable bonds is 2. The van der Waals surface area contributed by atoms with Gasteiger partial charge < -0.3 is 4.42 Å². The van der Waals surface area contributed by atoms with E-state index >= 15 is 0 Å². The van der Waals surface area contributed by atoms with Gasteiger partial charge in [-0.3, -0.25) is 0 Å². The van der Waals surface area contributed by atoms with E-state index in [1.807, 2.05) is 18.2 Å². The summed E-state index contributed by atoms with van der Waals surface area (Å²) in [7, 11) is 0. The van der Waals surface area contributed by atoms with Gasteiger partial charge in [0, 0.05) is 10.8 Å². The topological polar surface area (TPSA) is 13.1 Å². The average Bonchev–Trinajstić information content (AvgIpc) is 2.88. The van der Waals surface area contributed by atoms with Gasteiger partial charge in [0.1, 0.15) is 11.2 Å². The Kier molecular flexibility index (Phi) is 2.56. The Morgan fingerprint density at radius 1 is 0.650 bits per heavy atom. The molecule has 0 atom stereocenters. The molecule has 4 rings (SSSR count). The van der Waals surface area contributed by atoms with Crippen LogP contribution in [0, 0.1) is 0 Å². The summed E-state index contributed by atoms with van der Waals surface area (Å²) in [4.78, 5) is 0. The zero-order valence-electron chi connectivity index (χ0n) is 11.0. The molecule has 1 nitrogen and oxygen atoms in total. The highest BCUT2D eigenvalue weighted by molar-refractivity contribution is 6.06. The molecular weight excluding hydrogens is 244 g/mol. The predicted molar refractivity (Wildman–Crippen MR) is 83.0 cm³/mol. The largest absolute Gasteiger partial charge is 0.456 e. The molecule has 20 heavy (non-hydrogen) atoms. The molecule has 4 aromatic rings. The standard InChI is InChI=1S/C19H14O/c1-2-7-14(8-3-1)13-15-9-6-12-18-19(15)16-10-4-5-11-17(16)20-18/h1-12H,13H2. The molecule has 0 saturated heterocycles. The van der Waals surface area contributed by atoms with E-state index in [1.165, 1.54) is 21.9 Å². The third-order valence-electron chi connectivity index (χ3n) is 3.73. The van der Waals surface area contributed by atoms with Crippen LogP contribution in [0.1, 0.15) is 11.1 Å². The molecule has 0 amide bonds. The molecule has 1 aromatic heterocycles. The van der Waals surface area contributed by atoms with Crippen molar-refractivity contribution in [3.05, 3.63) is 83.9 Å². The van der Waals surface area contributed by atoms with E-state index in [0.717, 1.165) is 17.6 Å². The van der Waals surface area contributed by atoms with Crippen molar-refractivity contribution >= 4 is 21.9 Å². The third kappa shape index (κ3) is 1.79. The minimum Gasteiger partial charge on any atom is -0.456 e. The molecule has 1 heterocycles. The molecule has 0 aliphatic carbocycles. The highest BCUT2D eigenvalue weighted by Crippen LogP contribution is 2.32. The van der Waals surface area contributed by atoms with Crippen molar-refractivity contribution in [1.82, 2.24) is 0 Å². The SMILES string of the molecule is c1ccc(Cc2cccc3oc4ccccc4c23)cc1. The summed E-state index contributed by atoms with van der Waals surface area (Å²) in [6.07, 6.45) is 0.932. The van der Waals surface area contributed by atoms with E-state index in [4.69, 9.17) is 4.42 Å². The molecule has 1 heteroatoms. The third-order valence-corrected chi connectivity index (χ3v) is 3.73. The second kappa shape index (κ2) is 4.53. The first kappa shape index (κ1) is 11.3. The van der Waals surface area contributed by atoms with Crippen LogP contribution in [0.15, 0.2) is 77.2 Å². The second-order valence-corrected chi connectivity index (χ2v) is 5.05. The minimum atomic E-state index is 0.932. The summed E-state index contributed by atoms with van der Waals surface area (Å²) < 4.78 is 5.93. The van der Waals surface area contributed by atoms with Crippen molar-refractivity contribution in [2.45, 2.75) is 6.42 Å². The maximum atomic E-state index is 5.93. The van der Waals surface area contributed by atoms with Gasteiger partial charge in [-0.05, 0) is 29.7 Å². The van der Waals surface area contributed by atoms with Gasteiger partial charge >= 0.3 is 0 Å². The zero-order valence-corrected chi connectivity index (χ0v) is 11.0. The molecule has 0 spiro atoms. The predicted octanol–water partition coefficient (Wildman–Crippen LogP) is 5.18. The molecule has 0 N–H and O–H groups in total. The van der Waals surface area contributed by atoms with Crippen LogP contribution in [0.5, 0.6) is 0 Å². The fourth-order valence-electron chi connectivity index (χ4n) is 2.81. The van der Waals surface area contributed by atoms with Gasteiger partial charge in [-0.25, -0.2) is 0 Å². The molecular formula is C19H14O. The van der Waals surface area contributed by atoms with Crippen LogP contribution in [-0.4, -0.2) is 0 Å². The minimum absolute atomic E-state index is 0.932. The van der Waals surface area contributed by atoms with Crippen LogP contribution in [-0.2, 0) is 6.42 Å². The van der Waals surface area contributed by atoms with Crippen LogP contribution >= 0.6 is 0 Å². The Labute approximate surface area is 117 Å². The van der Waals surface area contributed by atoms with E-state index in [0.29, 0.717) is 0 Å². The summed E-state index contributed by atoms with van der Waals surface area (Å²) in [5.41, 5.74) is 4.58. The highest BCUT2D eigenvalue weighted by Gasteiger charge is 2.10. The van der Waals surface area contributed by atoms with E-state index in [-0.39, 0.29) is 0 Å². The van der Waals surface area contributed by atoms with Crippen molar-refractivity contribution in [1.29, 1.82) is 0 Å². The van der Waals surface area contributed by atoms with E-state index < -0.39 is 0 Å². The van der Waals surface area contributed by atoms with Crippen LogP contribution in [0.25, 0.3) is 21.9 Å². The van der Waals surface area contributed by atoms with Gasteiger partial charge in [-0.2, -0.15) is 0 Å². The molecule has 0 fully saturated rings. The Morgan fingerprint density at radius 3 is 2.30 bits per heavy atom. The fourth-order valence-corrected chi connectivity index (χ4v) is 2.81. The Morgan fingerprint density at radius 2 is 1.40 bits per heavy atom. The number of para-hydroxylation sites is 1. The smallest absolute Gasteiger partial charge is 0.135 e. The normalized spacial score (nSPS) is 11.2. The molecule has 0 saturated carbocycles. The Hall–Kier alpha value is -2.54. The van der Waals surface area contributed by atoms with Crippen LogP contribution in [0.4, 0.5) is 0 Å². The van der Waals surface area contributed by atoms with Gasteiger partial charge in [0.25, 0.3) is 0 Å². The van der Waals surface area contributed by atoms with Crippen LogP contribution in [0.3, 0.4) is 0 Å². The van der Waals surface area contributed by atoms with Crippen molar-refractivity contribution < 1.29 is 4.42 Å². The Bertz CT molecular complexity index is 872. The first-order chi connectivity index (χ1) is 9.92. The highest BCUT2D eigenvalue weighted by atomic mass is 16.3. The molecule has 3 aromatic carbocycles. The fraction of sp³-hybridized carbons (Fsp3) is 0.0526. The van der Waals surface area contributed by atoms with Crippen LogP contribution < -0.4 is 0 Å². The van der Waals surface area contributed by atoms with E-state index in [2.05, 4.69) is 54.6 Å². The number of benzene rings is 3. The zero-order chi connectivity index (χ0) is 13.4. The summed E-state index contributed by atoms with van der Waals surface area (Å²) in [5, 5.41) is 2.45. The molecule has 0 aliphatic heterocycles. The molecule has 0 unspecified atom stereocenters. The van der Waals surface area contributed by atoms with Gasteiger partial charge in [0.05, 0.1) is 0 Å². The maximum absolute atomic E-state index is 5.93. The van der Waals surface area contributed by atoms with Crippen molar-refractivity contribution in [3.63, 3.8) is 0 Å². The first-order valence-corrected chi connectivity index (χ1v) is 6.85. The van der Waals surface area contributed by atoms with Gasteiger partial charge in [-0.15, -0.1) is 0 Å². The number of hydrogen-bond donors (Lipinski definition) is 0. The van der Waals surface area contributed by atoms with Gasteiger partial charge in [0.2, 0.25) is 0 Å². The molecule has 0 bridgehead atoms. The van der Waals surface area contributed by atoms with Crippen molar-refractivity contribution in [3.8, 4) is 0 Å². The maximum Gasteiger partial charge on any atom is 0.135 e. The quantitative estimate of drug-likeness (QED) is 0.483. The lowest BCUT2D eigenvalue weighted by Crippen LogP contribution is -1.88. The van der Waals surface area contributed by atoms with Crippen LogP contribution in [0.2, 0.25) is 0 Å². The summed E-state index contributed by atoms with van der Waals surface area (Å²) >= 11 is 0. The Balaban J connectivity index is 1.95. The number of hydrogen-bond acceptors (Lipinski definition) is 1. The monoisotopic (exact) mass is 258 g/mol. The van der Waals surface area contributed by atoms with Crippen molar-refractivity contribution in [2.75, 3.05) is 0 Å². The molecule has 96 valence electrons. The van der Waals surface area contributed by atoms with Gasteiger partial charge in [0.15, 0.2) is 0 Å². The summed E-state index contributed by atoms with van der Waals surface area (Å²) in [6, 6.07) is 25.1. The lowest BCUT2D eigenvalue weighted by molar-refractivity contribution is 0.668. The average molecular weight is 258 g/mol. The number of fused-ring (bicyclic) bond motifs is 3. The molecule has 0 aliphatic rings. The van der Waals surface area contributed by atoms with Gasteiger partial charge in [-0.1, -0.05) is 60.7 Å². The number of furan rings is 1. The summed E-state index contributed by atoms with van der Waals surface area (Å²) in [5.74, 6) is 0. The summed E-state index contributed by atoms with van der Waals surface area (Å²) in [6.45, 7) is 0. The molecule has 0 radical (unpaired) electrons. The van der Waals surface area contributed by atoms with E-state index in [9.17, 15) is 0 Å². The van der Waals surface area contributed by atoms with Crippen molar-refractivity contribution in [2.24, 2.45) is 0 Å². The lowest BCUT2D eigenvalue weighted by atomic mass is 10.00. The lowest BCUT2D eigenvalue weighted by Gasteiger charge is -2.03.